The van der Waals surface area contributed by atoms with E-state index in [1.807, 2.05) is 6.07 Å². The summed E-state index contributed by atoms with van der Waals surface area (Å²) in [7, 11) is 0. The van der Waals surface area contributed by atoms with E-state index in [0.717, 1.165) is 32.0 Å². The van der Waals surface area contributed by atoms with Crippen molar-refractivity contribution in [2.45, 2.75) is 151 Å². The van der Waals surface area contributed by atoms with Gasteiger partial charge in [-0.1, -0.05) is 89.2 Å². The van der Waals surface area contributed by atoms with Crippen LogP contribution in [-0.2, 0) is 26.5 Å². The fourth-order valence-corrected chi connectivity index (χ4v) is 7.92. The van der Waals surface area contributed by atoms with Crippen LogP contribution in [0.3, 0.4) is 0 Å². The van der Waals surface area contributed by atoms with Crippen LogP contribution >= 0.6 is 23.5 Å². The lowest BCUT2D eigenvalue weighted by Gasteiger charge is -2.34. The minimum Gasteiger partial charge on any atom is -0.507 e. The molecular formula is C36H56O7S2. The van der Waals surface area contributed by atoms with Crippen LogP contribution in [0.15, 0.2) is 34.1 Å². The number of carboxylic acid groups (broad SMARTS) is 1. The standard InChI is InChI=1S/C36H56O7S2/c1-32(2,3)21-15-16-25(26(35(10,11)12)30(21)43-19-24(37)28(39)29(40)31(41)42)45-36(13,14)44-20-17-22(33(4,5)6)27(38)23(18-20)34(7,8)9/h15-18,24,28-29,37-40H,19H2,1-14H3,(H,41,42). The predicted octanol–water partition coefficient (Wildman–Crippen LogP) is 7.75. The molecular weight excluding hydrogens is 609 g/mol. The molecule has 0 saturated carbocycles. The number of aromatic hydroxyl groups is 1. The zero-order valence-corrected chi connectivity index (χ0v) is 31.3. The van der Waals surface area contributed by atoms with Crippen LogP contribution in [0.4, 0.5) is 0 Å². The van der Waals surface area contributed by atoms with E-state index in [9.17, 15) is 25.2 Å². The van der Waals surface area contributed by atoms with Crippen molar-refractivity contribution in [3.8, 4) is 11.5 Å². The molecule has 0 spiro atoms. The lowest BCUT2D eigenvalue weighted by atomic mass is 9.79. The molecule has 7 nitrogen and oxygen atoms in total. The molecule has 45 heavy (non-hydrogen) atoms. The number of phenolic OH excluding ortho intramolecular Hbond substituents is 1. The molecule has 0 bridgehead atoms. The van der Waals surface area contributed by atoms with Gasteiger partial charge in [0, 0.05) is 26.5 Å². The molecule has 0 radical (unpaired) electrons. The van der Waals surface area contributed by atoms with E-state index in [1.165, 1.54) is 0 Å². The number of carboxylic acids is 1. The maximum absolute atomic E-state index is 11.2. The molecule has 254 valence electrons. The van der Waals surface area contributed by atoms with Crippen LogP contribution in [0.2, 0.25) is 0 Å². The molecule has 0 amide bonds. The van der Waals surface area contributed by atoms with Gasteiger partial charge in [-0.3, -0.25) is 0 Å². The zero-order valence-electron chi connectivity index (χ0n) is 29.6. The first-order valence-electron chi connectivity index (χ1n) is 15.4. The van der Waals surface area contributed by atoms with Crippen LogP contribution in [-0.4, -0.2) is 60.5 Å². The summed E-state index contributed by atoms with van der Waals surface area (Å²) < 4.78 is 5.91. The number of aliphatic carboxylic acids is 1. The smallest absolute Gasteiger partial charge is 0.335 e. The fraction of sp³-hybridized carbons (Fsp3) is 0.639. The van der Waals surface area contributed by atoms with Gasteiger partial charge in [0.1, 0.15) is 30.3 Å². The van der Waals surface area contributed by atoms with E-state index in [-0.39, 0.29) is 25.7 Å². The average molecular weight is 665 g/mol. The van der Waals surface area contributed by atoms with E-state index in [1.54, 1.807) is 23.5 Å². The summed E-state index contributed by atoms with van der Waals surface area (Å²) >= 11 is 3.43. The normalized spacial score (nSPS) is 15.5. The van der Waals surface area contributed by atoms with Crippen molar-refractivity contribution in [3.63, 3.8) is 0 Å². The lowest BCUT2D eigenvalue weighted by Crippen LogP contribution is -2.44. The summed E-state index contributed by atoms with van der Waals surface area (Å²) in [5.41, 5.74) is 2.46. The third-order valence-corrected chi connectivity index (χ3v) is 9.98. The summed E-state index contributed by atoms with van der Waals surface area (Å²) in [6, 6.07) is 8.33. The molecule has 0 aliphatic heterocycles. The van der Waals surface area contributed by atoms with Crippen LogP contribution < -0.4 is 4.74 Å². The number of hydrogen-bond donors (Lipinski definition) is 5. The van der Waals surface area contributed by atoms with Crippen LogP contribution in [0, 0.1) is 0 Å². The van der Waals surface area contributed by atoms with Gasteiger partial charge in [-0.05, 0) is 59.3 Å². The van der Waals surface area contributed by atoms with Crippen LogP contribution in [0.1, 0.15) is 119 Å². The molecule has 2 aromatic carbocycles. The van der Waals surface area contributed by atoms with E-state index in [4.69, 9.17) is 9.84 Å². The van der Waals surface area contributed by atoms with Crippen molar-refractivity contribution in [1.29, 1.82) is 0 Å². The zero-order chi connectivity index (χ0) is 35.1. The number of phenols is 1. The van der Waals surface area contributed by atoms with Gasteiger partial charge in [0.25, 0.3) is 0 Å². The molecule has 0 saturated heterocycles. The van der Waals surface area contributed by atoms with Crippen LogP contribution in [0.25, 0.3) is 0 Å². The molecule has 3 unspecified atom stereocenters. The maximum Gasteiger partial charge on any atom is 0.335 e. The van der Waals surface area contributed by atoms with Crippen molar-refractivity contribution in [3.05, 3.63) is 46.5 Å². The number of aliphatic hydroxyl groups is 3. The Balaban J connectivity index is 2.64. The Morgan fingerprint density at radius 1 is 0.733 bits per heavy atom. The molecule has 0 fully saturated rings. The maximum atomic E-state index is 11.2. The second-order valence-electron chi connectivity index (χ2n) is 16.4. The quantitative estimate of drug-likeness (QED) is 0.128. The molecule has 0 heterocycles. The monoisotopic (exact) mass is 664 g/mol. The van der Waals surface area contributed by atoms with Gasteiger partial charge in [-0.2, -0.15) is 0 Å². The van der Waals surface area contributed by atoms with Gasteiger partial charge in [0.2, 0.25) is 0 Å². The Bertz CT molecular complexity index is 1320. The average Bonchev–Trinajstić information content (AvgIpc) is 2.83. The predicted molar refractivity (Wildman–Crippen MR) is 186 cm³/mol. The molecule has 0 aliphatic carbocycles. The number of aliphatic hydroxyl groups excluding tert-OH is 3. The summed E-state index contributed by atoms with van der Waals surface area (Å²) in [6.07, 6.45) is -5.67. The summed E-state index contributed by atoms with van der Waals surface area (Å²) in [4.78, 5) is 13.2. The Hall–Kier alpha value is -1.91. The largest absolute Gasteiger partial charge is 0.507 e. The van der Waals surface area contributed by atoms with E-state index < -0.39 is 30.9 Å². The first-order chi connectivity index (χ1) is 20.1. The summed E-state index contributed by atoms with van der Waals surface area (Å²) in [5.74, 6) is -0.697. The summed E-state index contributed by atoms with van der Waals surface area (Å²) in [5, 5.41) is 50.9. The number of ether oxygens (including phenoxy) is 1. The lowest BCUT2D eigenvalue weighted by molar-refractivity contribution is -0.159. The van der Waals surface area contributed by atoms with Gasteiger partial charge in [0.15, 0.2) is 6.10 Å². The fourth-order valence-electron chi connectivity index (χ4n) is 5.10. The molecule has 2 aromatic rings. The highest BCUT2D eigenvalue weighted by molar-refractivity contribution is 8.18. The highest BCUT2D eigenvalue weighted by Gasteiger charge is 2.35. The van der Waals surface area contributed by atoms with Crippen LogP contribution in [0.5, 0.6) is 11.5 Å². The minimum atomic E-state index is -2.13. The second kappa shape index (κ2) is 13.7. The van der Waals surface area contributed by atoms with Crippen molar-refractivity contribution < 1.29 is 35.1 Å². The number of hydrogen-bond acceptors (Lipinski definition) is 8. The molecule has 5 N–H and O–H groups in total. The second-order valence-corrected chi connectivity index (χ2v) is 20.1. The van der Waals surface area contributed by atoms with Crippen molar-refractivity contribution in [2.24, 2.45) is 0 Å². The third-order valence-electron chi connectivity index (χ3n) is 7.47. The van der Waals surface area contributed by atoms with Gasteiger partial charge in [-0.15, -0.1) is 23.5 Å². The first kappa shape index (κ1) is 39.3. The highest BCUT2D eigenvalue weighted by atomic mass is 32.2. The minimum absolute atomic E-state index is 0.245. The van der Waals surface area contributed by atoms with E-state index in [0.29, 0.717) is 11.5 Å². The van der Waals surface area contributed by atoms with Gasteiger partial charge in [-0.25, -0.2) is 4.79 Å². The van der Waals surface area contributed by atoms with Gasteiger partial charge < -0.3 is 30.3 Å². The Kier molecular flexibility index (Phi) is 11.9. The number of thioether (sulfide) groups is 2. The third kappa shape index (κ3) is 10.0. The summed E-state index contributed by atoms with van der Waals surface area (Å²) in [6.45, 7) is 29.1. The molecule has 0 aromatic heterocycles. The van der Waals surface area contributed by atoms with Crippen molar-refractivity contribution in [1.82, 2.24) is 0 Å². The topological polar surface area (TPSA) is 127 Å². The first-order valence-corrected chi connectivity index (χ1v) is 17.0. The number of carbonyl (C=O) groups is 1. The van der Waals surface area contributed by atoms with Crippen molar-refractivity contribution >= 4 is 29.5 Å². The molecule has 3 atom stereocenters. The van der Waals surface area contributed by atoms with Crippen molar-refractivity contribution in [2.75, 3.05) is 6.61 Å². The Morgan fingerprint density at radius 2 is 1.20 bits per heavy atom. The van der Waals surface area contributed by atoms with Gasteiger partial charge in [0.05, 0.1) is 4.08 Å². The van der Waals surface area contributed by atoms with E-state index >= 15 is 0 Å². The number of benzene rings is 2. The molecule has 2 rings (SSSR count). The van der Waals surface area contributed by atoms with E-state index in [2.05, 4.69) is 115 Å². The number of rotatable bonds is 10. The highest BCUT2D eigenvalue weighted by Crippen LogP contribution is 2.53. The Morgan fingerprint density at radius 3 is 1.60 bits per heavy atom. The molecule has 9 heteroatoms. The SMILES string of the molecule is CC(C)(Sc1cc(C(C)(C)C)c(O)c(C(C)(C)C)c1)Sc1ccc(C(C)(C)C)c(OCC(O)C(O)C(O)C(=O)O)c1C(C)(C)C. The van der Waals surface area contributed by atoms with Gasteiger partial charge >= 0.3 is 5.97 Å². The Labute approximate surface area is 279 Å². The molecule has 0 aliphatic rings.